The summed E-state index contributed by atoms with van der Waals surface area (Å²) in [5.74, 6) is -0.527. The fraction of sp³-hybridized carbons (Fsp3) is 0.361. The van der Waals surface area contributed by atoms with E-state index in [1.54, 1.807) is 12.3 Å². The maximum Gasteiger partial charge on any atom is 0.335 e. The van der Waals surface area contributed by atoms with Gasteiger partial charge < -0.3 is 19.6 Å². The van der Waals surface area contributed by atoms with Crippen molar-refractivity contribution in [2.45, 2.75) is 77.3 Å². The molecule has 0 spiro atoms. The van der Waals surface area contributed by atoms with Crippen LogP contribution in [0.4, 0.5) is 5.95 Å². The Bertz CT molecular complexity index is 2160. The number of ether oxygens (including phenoxy) is 1. The summed E-state index contributed by atoms with van der Waals surface area (Å²) in [6, 6.07) is 12.5. The monoisotopic (exact) mass is 718 g/mol. The lowest BCUT2D eigenvalue weighted by Crippen LogP contribution is -2.36. The molecule has 12 nitrogen and oxygen atoms in total. The van der Waals surface area contributed by atoms with Crippen LogP contribution in [0.1, 0.15) is 78.9 Å². The Balaban J connectivity index is 1.27. The van der Waals surface area contributed by atoms with Crippen LogP contribution >= 0.6 is 11.6 Å². The first-order chi connectivity index (χ1) is 23.7. The lowest BCUT2D eigenvalue weighted by molar-refractivity contribution is 0.0696. The number of fused-ring (bicyclic) bond motifs is 1. The van der Waals surface area contributed by atoms with Crippen molar-refractivity contribution < 1.29 is 27.5 Å². The zero-order valence-corrected chi connectivity index (χ0v) is 30.0. The van der Waals surface area contributed by atoms with Crippen molar-refractivity contribution in [1.82, 2.24) is 25.3 Å². The molecule has 1 atom stereocenters. The third-order valence-corrected chi connectivity index (χ3v) is 10.5. The average molecular weight is 719 g/mol. The summed E-state index contributed by atoms with van der Waals surface area (Å²) in [5, 5.41) is 13.4. The zero-order valence-electron chi connectivity index (χ0n) is 28.4. The molecule has 1 fully saturated rings. The molecule has 5 aromatic rings. The van der Waals surface area contributed by atoms with Crippen molar-refractivity contribution in [1.29, 1.82) is 0 Å². The molecule has 14 heteroatoms. The Morgan fingerprint density at radius 3 is 2.48 bits per heavy atom. The minimum Gasteiger partial charge on any atom is -0.478 e. The molecule has 3 aromatic heterocycles. The highest BCUT2D eigenvalue weighted by Gasteiger charge is 2.39. The molecule has 3 N–H and O–H groups in total. The van der Waals surface area contributed by atoms with Crippen LogP contribution in [0.5, 0.6) is 5.88 Å². The van der Waals surface area contributed by atoms with E-state index in [0.717, 1.165) is 42.0 Å². The molecule has 1 saturated carbocycles. The molecule has 0 saturated heterocycles. The molecule has 0 unspecified atom stereocenters. The second-order valence-corrected chi connectivity index (χ2v) is 15.5. The van der Waals surface area contributed by atoms with E-state index in [4.69, 9.17) is 25.7 Å². The van der Waals surface area contributed by atoms with Crippen molar-refractivity contribution in [3.63, 3.8) is 0 Å². The van der Waals surface area contributed by atoms with Crippen LogP contribution in [-0.2, 0) is 16.6 Å². The molecule has 3 heterocycles. The SMILES string of the molecule is Cc1cccc(C)c1-c1cc(OC[C@@H](CC2(C)CC2)NCc2cnc3oc(C(C)C)c(Cl)c3n2)nc(NS(=O)(=O)c2cccc(C(=O)O)c2)n1. The zero-order chi connectivity index (χ0) is 35.8. The molecule has 0 bridgehead atoms. The normalized spacial score (nSPS) is 14.5. The average Bonchev–Trinajstić information content (AvgIpc) is 3.70. The first kappa shape index (κ1) is 35.2. The standard InChI is InChI=1S/C36H39ClN6O6S/c1-20(2)32-30(37)31-33(49-32)39-18-25(40-31)17-38-24(16-36(5)12-13-36)19-48-28-15-27(29-21(3)8-6-9-22(29)4)41-35(42-28)43-50(46,47)26-11-7-10-23(14-26)34(44)45/h6-11,14-15,18,20,24,38H,12-13,16-17,19H2,1-5H3,(H,44,45)(H,41,42,43)/t24-/m1/s1. The van der Waals surface area contributed by atoms with Gasteiger partial charge in [-0.2, -0.15) is 4.98 Å². The van der Waals surface area contributed by atoms with Crippen LogP contribution in [0.3, 0.4) is 0 Å². The Kier molecular flexibility index (Phi) is 9.84. The van der Waals surface area contributed by atoms with Crippen LogP contribution in [0.25, 0.3) is 22.5 Å². The number of aryl methyl sites for hydroxylation is 2. The number of carboxylic acid groups (broad SMARTS) is 1. The molecular weight excluding hydrogens is 680 g/mol. The highest BCUT2D eigenvalue weighted by molar-refractivity contribution is 7.92. The molecular formula is C36H39ClN6O6S. The Morgan fingerprint density at radius 2 is 1.80 bits per heavy atom. The van der Waals surface area contributed by atoms with E-state index < -0.39 is 16.0 Å². The number of halogens is 1. The quantitative estimate of drug-likeness (QED) is 0.105. The number of sulfonamides is 1. The second kappa shape index (κ2) is 14.0. The predicted molar refractivity (Wildman–Crippen MR) is 190 cm³/mol. The number of anilines is 1. The van der Waals surface area contributed by atoms with Gasteiger partial charge in [-0.25, -0.2) is 32.9 Å². The second-order valence-electron chi connectivity index (χ2n) is 13.5. The van der Waals surface area contributed by atoms with E-state index in [0.29, 0.717) is 39.9 Å². The van der Waals surface area contributed by atoms with Gasteiger partial charge >= 0.3 is 5.97 Å². The molecule has 262 valence electrons. The smallest absolute Gasteiger partial charge is 0.335 e. The predicted octanol–water partition coefficient (Wildman–Crippen LogP) is 7.30. The van der Waals surface area contributed by atoms with E-state index in [9.17, 15) is 18.3 Å². The number of benzene rings is 2. The van der Waals surface area contributed by atoms with Gasteiger partial charge in [0.1, 0.15) is 22.9 Å². The third kappa shape index (κ3) is 7.90. The first-order valence-corrected chi connectivity index (χ1v) is 18.2. The van der Waals surface area contributed by atoms with Gasteiger partial charge in [-0.3, -0.25) is 0 Å². The van der Waals surface area contributed by atoms with Gasteiger partial charge in [0.25, 0.3) is 10.0 Å². The molecule has 0 aliphatic heterocycles. The van der Waals surface area contributed by atoms with Crippen molar-refractivity contribution in [3.8, 4) is 17.1 Å². The van der Waals surface area contributed by atoms with Gasteiger partial charge in [-0.15, -0.1) is 0 Å². The van der Waals surface area contributed by atoms with Gasteiger partial charge in [0.2, 0.25) is 17.5 Å². The Morgan fingerprint density at radius 1 is 1.08 bits per heavy atom. The summed E-state index contributed by atoms with van der Waals surface area (Å²) < 4.78 is 41.3. The van der Waals surface area contributed by atoms with Crippen LogP contribution in [0.2, 0.25) is 5.02 Å². The van der Waals surface area contributed by atoms with Crippen LogP contribution in [0.15, 0.2) is 64.0 Å². The number of hydrogen-bond acceptors (Lipinski definition) is 10. The van der Waals surface area contributed by atoms with E-state index in [1.807, 2.05) is 45.9 Å². The van der Waals surface area contributed by atoms with Gasteiger partial charge in [0, 0.05) is 30.1 Å². The highest BCUT2D eigenvalue weighted by atomic mass is 35.5. The van der Waals surface area contributed by atoms with Crippen LogP contribution in [0, 0.1) is 19.3 Å². The van der Waals surface area contributed by atoms with Crippen molar-refractivity contribution >= 4 is 44.8 Å². The molecule has 1 aliphatic rings. The fourth-order valence-electron chi connectivity index (χ4n) is 5.86. The van der Waals surface area contributed by atoms with Crippen molar-refractivity contribution in [2.75, 3.05) is 11.3 Å². The minimum absolute atomic E-state index is 0.0943. The molecule has 50 heavy (non-hydrogen) atoms. The molecule has 6 rings (SSSR count). The largest absolute Gasteiger partial charge is 0.478 e. The van der Waals surface area contributed by atoms with Crippen molar-refractivity contribution in [3.05, 3.63) is 87.9 Å². The number of carbonyl (C=O) groups is 1. The maximum absolute atomic E-state index is 13.4. The lowest BCUT2D eigenvalue weighted by atomic mass is 9.99. The Labute approximate surface area is 295 Å². The minimum atomic E-state index is -4.25. The number of rotatable bonds is 14. The van der Waals surface area contributed by atoms with E-state index in [2.05, 4.69) is 31.9 Å². The van der Waals surface area contributed by atoms with Crippen LogP contribution in [-0.4, -0.2) is 52.1 Å². The van der Waals surface area contributed by atoms with Gasteiger partial charge in [0.05, 0.1) is 28.0 Å². The number of aromatic carboxylic acids is 1. The summed E-state index contributed by atoms with van der Waals surface area (Å²) in [6.45, 7) is 10.8. The summed E-state index contributed by atoms with van der Waals surface area (Å²) in [6.07, 6.45) is 4.72. The lowest BCUT2D eigenvalue weighted by Gasteiger charge is -2.22. The number of furan rings is 1. The molecule has 0 radical (unpaired) electrons. The number of aromatic nitrogens is 4. The molecule has 0 amide bonds. The van der Waals surface area contributed by atoms with Gasteiger partial charge in [-0.05, 0) is 67.9 Å². The summed E-state index contributed by atoms with van der Waals surface area (Å²) in [7, 11) is -4.25. The fourth-order valence-corrected chi connectivity index (χ4v) is 7.23. The van der Waals surface area contributed by atoms with Crippen LogP contribution < -0.4 is 14.8 Å². The molecule has 1 aliphatic carbocycles. The van der Waals surface area contributed by atoms with Gasteiger partial charge in [-0.1, -0.05) is 56.6 Å². The number of nitrogens with zero attached hydrogens (tertiary/aromatic N) is 4. The van der Waals surface area contributed by atoms with E-state index in [-0.39, 0.29) is 46.3 Å². The number of carboxylic acids is 1. The van der Waals surface area contributed by atoms with Crippen molar-refractivity contribution in [2.24, 2.45) is 5.41 Å². The first-order valence-electron chi connectivity index (χ1n) is 16.3. The Hall–Kier alpha value is -4.59. The number of nitrogens with one attached hydrogen (secondary N) is 2. The van der Waals surface area contributed by atoms with E-state index >= 15 is 0 Å². The molecule has 2 aromatic carbocycles. The maximum atomic E-state index is 13.4. The highest BCUT2D eigenvalue weighted by Crippen LogP contribution is 2.49. The van der Waals surface area contributed by atoms with Gasteiger partial charge in [0.15, 0.2) is 0 Å². The summed E-state index contributed by atoms with van der Waals surface area (Å²) >= 11 is 6.57. The topological polar surface area (TPSA) is 169 Å². The number of hydrogen-bond donors (Lipinski definition) is 3. The summed E-state index contributed by atoms with van der Waals surface area (Å²) in [5.41, 5.74) is 4.82. The summed E-state index contributed by atoms with van der Waals surface area (Å²) in [4.78, 5) is 29.4. The van der Waals surface area contributed by atoms with E-state index in [1.165, 1.54) is 18.2 Å². The third-order valence-electron chi connectivity index (χ3n) is 8.85.